The van der Waals surface area contributed by atoms with E-state index in [0.29, 0.717) is 44.8 Å². The molecular formula is C18H28O5Si. The van der Waals surface area contributed by atoms with Crippen LogP contribution in [-0.2, 0) is 18.0 Å². The molecule has 0 saturated carbocycles. The van der Waals surface area contributed by atoms with E-state index in [1.165, 1.54) is 0 Å². The van der Waals surface area contributed by atoms with Gasteiger partial charge in [-0.05, 0) is 50.9 Å². The maximum Gasteiger partial charge on any atom is 0.532 e. The summed E-state index contributed by atoms with van der Waals surface area (Å²) in [5, 5.41) is 0.823. The summed E-state index contributed by atoms with van der Waals surface area (Å²) in [6, 6.07) is 8.95. The molecule has 0 aliphatic rings. The lowest BCUT2D eigenvalue weighted by atomic mass is 10.2. The summed E-state index contributed by atoms with van der Waals surface area (Å²) in [5.41, 5.74) is 0.554. The predicted molar refractivity (Wildman–Crippen MR) is 95.7 cm³/mol. The van der Waals surface area contributed by atoms with Crippen molar-refractivity contribution in [2.45, 2.75) is 33.6 Å². The molecule has 1 rings (SSSR count). The SMILES string of the molecule is C=C(CCCOC(=O)c1ccccc1)[Si](OCC)(OCC)OCC. The van der Waals surface area contributed by atoms with E-state index >= 15 is 0 Å². The van der Waals surface area contributed by atoms with Crippen molar-refractivity contribution in [2.24, 2.45) is 0 Å². The second kappa shape index (κ2) is 11.1. The quantitative estimate of drug-likeness (QED) is 0.326. The van der Waals surface area contributed by atoms with Crippen LogP contribution in [0.3, 0.4) is 0 Å². The second-order valence-corrected chi connectivity index (χ2v) is 7.75. The normalized spacial score (nSPS) is 11.3. The molecule has 1 aromatic carbocycles. The number of rotatable bonds is 12. The summed E-state index contributed by atoms with van der Waals surface area (Å²) in [5.74, 6) is -0.316. The number of carbonyl (C=O) groups excluding carboxylic acids is 1. The van der Waals surface area contributed by atoms with Crippen molar-refractivity contribution < 1.29 is 22.8 Å². The number of allylic oxidation sites excluding steroid dienone is 1. The predicted octanol–water partition coefficient (Wildman–Crippen LogP) is 3.77. The molecule has 6 heteroatoms. The molecule has 0 radical (unpaired) electrons. The third-order valence-corrected chi connectivity index (χ3v) is 6.42. The first-order valence-corrected chi connectivity index (χ1v) is 10.1. The fourth-order valence-electron chi connectivity index (χ4n) is 2.26. The van der Waals surface area contributed by atoms with E-state index in [1.807, 2.05) is 39.0 Å². The van der Waals surface area contributed by atoms with E-state index in [4.69, 9.17) is 18.0 Å². The third-order valence-electron chi connectivity index (χ3n) is 3.30. The summed E-state index contributed by atoms with van der Waals surface area (Å²) < 4.78 is 22.7. The summed E-state index contributed by atoms with van der Waals surface area (Å²) in [4.78, 5) is 11.9. The molecule has 0 atom stereocenters. The van der Waals surface area contributed by atoms with E-state index < -0.39 is 8.80 Å². The Morgan fingerprint density at radius 1 is 1.00 bits per heavy atom. The highest BCUT2D eigenvalue weighted by molar-refractivity contribution is 6.68. The number of hydrogen-bond donors (Lipinski definition) is 0. The molecule has 0 aliphatic carbocycles. The van der Waals surface area contributed by atoms with Gasteiger partial charge in [-0.2, -0.15) is 0 Å². The Morgan fingerprint density at radius 2 is 1.54 bits per heavy atom. The van der Waals surface area contributed by atoms with Crippen molar-refractivity contribution in [3.05, 3.63) is 47.7 Å². The minimum Gasteiger partial charge on any atom is -0.462 e. The second-order valence-electron chi connectivity index (χ2n) is 5.06. The summed E-state index contributed by atoms with van der Waals surface area (Å²) in [6.45, 7) is 11.7. The lowest BCUT2D eigenvalue weighted by Crippen LogP contribution is -2.48. The largest absolute Gasteiger partial charge is 0.532 e. The molecule has 0 aliphatic heterocycles. The fraction of sp³-hybridized carbons (Fsp3) is 0.500. The van der Waals surface area contributed by atoms with Gasteiger partial charge in [0.2, 0.25) is 0 Å². The van der Waals surface area contributed by atoms with Crippen molar-refractivity contribution >= 4 is 14.8 Å². The Kier molecular flexibility index (Phi) is 9.55. The van der Waals surface area contributed by atoms with Gasteiger partial charge in [0.25, 0.3) is 0 Å². The van der Waals surface area contributed by atoms with Crippen LogP contribution in [0.15, 0.2) is 42.1 Å². The zero-order valence-electron chi connectivity index (χ0n) is 14.9. The van der Waals surface area contributed by atoms with Crippen LogP contribution < -0.4 is 0 Å². The molecule has 0 fully saturated rings. The van der Waals surface area contributed by atoms with Crippen molar-refractivity contribution in [2.75, 3.05) is 26.4 Å². The van der Waals surface area contributed by atoms with Crippen LogP contribution in [0.1, 0.15) is 44.0 Å². The Bertz CT molecular complexity index is 486. The highest BCUT2D eigenvalue weighted by Gasteiger charge is 2.43. The lowest BCUT2D eigenvalue weighted by molar-refractivity contribution is 0.0499. The maximum atomic E-state index is 11.9. The van der Waals surface area contributed by atoms with Gasteiger partial charge in [0.15, 0.2) is 0 Å². The van der Waals surface area contributed by atoms with Gasteiger partial charge < -0.3 is 18.0 Å². The minimum absolute atomic E-state index is 0.316. The number of hydrogen-bond acceptors (Lipinski definition) is 5. The fourth-order valence-corrected chi connectivity index (χ4v) is 4.75. The smallest absolute Gasteiger partial charge is 0.462 e. The van der Waals surface area contributed by atoms with E-state index in [0.717, 1.165) is 5.20 Å². The summed E-state index contributed by atoms with van der Waals surface area (Å²) in [7, 11) is -2.87. The van der Waals surface area contributed by atoms with Gasteiger partial charge in [-0.1, -0.05) is 24.8 Å². The molecule has 0 heterocycles. The van der Waals surface area contributed by atoms with Crippen LogP contribution >= 0.6 is 0 Å². The number of ether oxygens (including phenoxy) is 1. The number of esters is 1. The molecule has 134 valence electrons. The molecule has 0 aromatic heterocycles. The van der Waals surface area contributed by atoms with Crippen LogP contribution in [0.2, 0.25) is 0 Å². The van der Waals surface area contributed by atoms with Crippen molar-refractivity contribution in [1.29, 1.82) is 0 Å². The first kappa shape index (κ1) is 20.6. The van der Waals surface area contributed by atoms with E-state index in [1.54, 1.807) is 12.1 Å². The molecule has 0 unspecified atom stereocenters. The average molecular weight is 353 g/mol. The minimum atomic E-state index is -2.87. The monoisotopic (exact) mass is 352 g/mol. The topological polar surface area (TPSA) is 54.0 Å². The van der Waals surface area contributed by atoms with E-state index in [2.05, 4.69) is 6.58 Å². The van der Waals surface area contributed by atoms with E-state index in [-0.39, 0.29) is 5.97 Å². The Morgan fingerprint density at radius 3 is 2.04 bits per heavy atom. The highest BCUT2D eigenvalue weighted by Crippen LogP contribution is 2.23. The van der Waals surface area contributed by atoms with Gasteiger partial charge >= 0.3 is 14.8 Å². The molecule has 0 spiro atoms. The zero-order valence-corrected chi connectivity index (χ0v) is 15.9. The molecule has 0 saturated heterocycles. The van der Waals surface area contributed by atoms with Gasteiger partial charge in [-0.25, -0.2) is 4.79 Å². The molecular weight excluding hydrogens is 324 g/mol. The zero-order chi connectivity index (χ0) is 17.8. The first-order chi connectivity index (χ1) is 11.6. The molecule has 5 nitrogen and oxygen atoms in total. The summed E-state index contributed by atoms with van der Waals surface area (Å²) in [6.07, 6.45) is 1.29. The number of carbonyl (C=O) groups is 1. The highest BCUT2D eigenvalue weighted by atomic mass is 28.4. The van der Waals surface area contributed by atoms with Crippen LogP contribution in [0.4, 0.5) is 0 Å². The van der Waals surface area contributed by atoms with Crippen molar-refractivity contribution in [3.8, 4) is 0 Å². The lowest BCUT2D eigenvalue weighted by Gasteiger charge is -2.30. The molecule has 24 heavy (non-hydrogen) atoms. The summed E-state index contributed by atoms with van der Waals surface area (Å²) >= 11 is 0. The van der Waals surface area contributed by atoms with Crippen LogP contribution in [0.25, 0.3) is 0 Å². The Labute approximate surface area is 145 Å². The van der Waals surface area contributed by atoms with Gasteiger partial charge in [-0.15, -0.1) is 0 Å². The Hall–Kier alpha value is -1.47. The first-order valence-electron chi connectivity index (χ1n) is 8.41. The van der Waals surface area contributed by atoms with Crippen molar-refractivity contribution in [3.63, 3.8) is 0 Å². The van der Waals surface area contributed by atoms with Crippen LogP contribution in [0, 0.1) is 0 Å². The number of benzene rings is 1. The van der Waals surface area contributed by atoms with Crippen LogP contribution in [-0.4, -0.2) is 41.2 Å². The van der Waals surface area contributed by atoms with Gasteiger partial charge in [-0.3, -0.25) is 0 Å². The third kappa shape index (κ3) is 6.20. The van der Waals surface area contributed by atoms with Crippen LogP contribution in [0.5, 0.6) is 0 Å². The van der Waals surface area contributed by atoms with Gasteiger partial charge in [0, 0.05) is 19.8 Å². The van der Waals surface area contributed by atoms with E-state index in [9.17, 15) is 4.79 Å². The maximum absolute atomic E-state index is 11.9. The molecule has 0 N–H and O–H groups in total. The Balaban J connectivity index is 2.49. The average Bonchev–Trinajstić information content (AvgIpc) is 2.59. The molecule has 1 aromatic rings. The van der Waals surface area contributed by atoms with Gasteiger partial charge in [0.05, 0.1) is 12.2 Å². The standard InChI is InChI=1S/C18H28O5Si/c1-5-21-24(22-6-2,23-7-3)16(4)12-11-15-20-18(19)17-13-9-8-10-14-17/h8-10,13-14H,4-7,11-12,15H2,1-3H3. The van der Waals surface area contributed by atoms with Crippen molar-refractivity contribution in [1.82, 2.24) is 0 Å². The molecule has 0 amide bonds. The molecule has 0 bridgehead atoms. The van der Waals surface area contributed by atoms with Gasteiger partial charge in [0.1, 0.15) is 0 Å².